The molecule has 20 heavy (non-hydrogen) atoms. The molecule has 0 saturated carbocycles. The molecule has 0 radical (unpaired) electrons. The van der Waals surface area contributed by atoms with E-state index in [1.165, 1.54) is 26.4 Å². The van der Waals surface area contributed by atoms with Crippen LogP contribution in [0.4, 0.5) is 4.39 Å². The Morgan fingerprint density at radius 1 is 1.15 bits per heavy atom. The molecule has 3 nitrogen and oxygen atoms in total. The first-order chi connectivity index (χ1) is 9.20. The molecule has 0 aliphatic carbocycles. The quantitative estimate of drug-likeness (QED) is 0.889. The van der Waals surface area contributed by atoms with E-state index in [9.17, 15) is 9.50 Å². The summed E-state index contributed by atoms with van der Waals surface area (Å²) >= 11 is 0. The normalized spacial score (nSPS) is 14.8. The van der Waals surface area contributed by atoms with Crippen LogP contribution in [0.5, 0.6) is 11.5 Å². The first-order valence-electron chi connectivity index (χ1n) is 6.80. The van der Waals surface area contributed by atoms with E-state index in [2.05, 4.69) is 27.7 Å². The molecule has 4 heteroatoms. The largest absolute Gasteiger partial charge is 0.493 e. The minimum atomic E-state index is -0.857. The molecule has 0 saturated heterocycles. The molecule has 114 valence electrons. The van der Waals surface area contributed by atoms with Gasteiger partial charge < -0.3 is 14.6 Å². The standard InChI is InChI=1S/C16H25FO3/c1-10(16(2,3)4)7-13(18)11-8-14(19-5)15(20-6)9-12(11)17/h8-10,13,18H,7H2,1-6H3. The van der Waals surface area contributed by atoms with Crippen LogP contribution < -0.4 is 9.47 Å². The maximum Gasteiger partial charge on any atom is 0.163 e. The molecule has 1 rings (SSSR count). The van der Waals surface area contributed by atoms with Crippen molar-refractivity contribution in [2.45, 2.75) is 40.2 Å². The van der Waals surface area contributed by atoms with Gasteiger partial charge in [-0.2, -0.15) is 0 Å². The molecular weight excluding hydrogens is 259 g/mol. The predicted molar refractivity (Wildman–Crippen MR) is 77.7 cm³/mol. The zero-order chi connectivity index (χ0) is 15.5. The van der Waals surface area contributed by atoms with Gasteiger partial charge in [0.2, 0.25) is 0 Å². The van der Waals surface area contributed by atoms with Crippen LogP contribution >= 0.6 is 0 Å². The zero-order valence-corrected chi connectivity index (χ0v) is 13.2. The highest BCUT2D eigenvalue weighted by Gasteiger charge is 2.25. The van der Waals surface area contributed by atoms with E-state index in [4.69, 9.17) is 9.47 Å². The van der Waals surface area contributed by atoms with Gasteiger partial charge in [0.25, 0.3) is 0 Å². The highest BCUT2D eigenvalue weighted by Crippen LogP contribution is 2.37. The highest BCUT2D eigenvalue weighted by atomic mass is 19.1. The van der Waals surface area contributed by atoms with Crippen molar-refractivity contribution < 1.29 is 19.0 Å². The Hall–Kier alpha value is -1.29. The van der Waals surface area contributed by atoms with Crippen molar-refractivity contribution in [3.8, 4) is 11.5 Å². The minimum absolute atomic E-state index is 0.0635. The maximum absolute atomic E-state index is 14.1. The van der Waals surface area contributed by atoms with Gasteiger partial charge >= 0.3 is 0 Å². The zero-order valence-electron chi connectivity index (χ0n) is 13.2. The number of benzene rings is 1. The van der Waals surface area contributed by atoms with Gasteiger partial charge in [0.15, 0.2) is 11.5 Å². The van der Waals surface area contributed by atoms with Crippen LogP contribution in [0.15, 0.2) is 12.1 Å². The smallest absolute Gasteiger partial charge is 0.163 e. The molecule has 0 amide bonds. The molecule has 0 aromatic heterocycles. The van der Waals surface area contributed by atoms with Gasteiger partial charge in [-0.3, -0.25) is 0 Å². The highest BCUT2D eigenvalue weighted by molar-refractivity contribution is 5.44. The summed E-state index contributed by atoms with van der Waals surface area (Å²) in [6.07, 6.45) is -0.361. The monoisotopic (exact) mass is 284 g/mol. The molecular formula is C16H25FO3. The van der Waals surface area contributed by atoms with Gasteiger partial charge in [-0.05, 0) is 23.8 Å². The number of ether oxygens (including phenoxy) is 2. The van der Waals surface area contributed by atoms with Crippen LogP contribution in [-0.2, 0) is 0 Å². The Kier molecular flexibility index (Phi) is 5.40. The van der Waals surface area contributed by atoms with E-state index < -0.39 is 11.9 Å². The fourth-order valence-electron chi connectivity index (χ4n) is 1.94. The van der Waals surface area contributed by atoms with Crippen LogP contribution in [0.2, 0.25) is 0 Å². The van der Waals surface area contributed by atoms with E-state index >= 15 is 0 Å². The van der Waals surface area contributed by atoms with Gasteiger partial charge in [0, 0.05) is 11.6 Å². The van der Waals surface area contributed by atoms with Crippen molar-refractivity contribution in [3.05, 3.63) is 23.5 Å². The first-order valence-corrected chi connectivity index (χ1v) is 6.80. The van der Waals surface area contributed by atoms with Crippen LogP contribution in [-0.4, -0.2) is 19.3 Å². The molecule has 2 unspecified atom stereocenters. The van der Waals surface area contributed by atoms with Crippen molar-refractivity contribution >= 4 is 0 Å². The summed E-state index contributed by atoms with van der Waals surface area (Å²) in [7, 11) is 2.94. The SMILES string of the molecule is COc1cc(F)c(C(O)CC(C)C(C)(C)C)cc1OC. The van der Waals surface area contributed by atoms with Gasteiger partial charge in [-0.25, -0.2) is 4.39 Å². The van der Waals surface area contributed by atoms with E-state index in [0.29, 0.717) is 17.9 Å². The average molecular weight is 284 g/mol. The lowest BCUT2D eigenvalue weighted by atomic mass is 9.78. The molecule has 1 N–H and O–H groups in total. The third-order valence-electron chi connectivity index (χ3n) is 3.92. The number of hydrogen-bond acceptors (Lipinski definition) is 3. The van der Waals surface area contributed by atoms with E-state index in [0.717, 1.165) is 0 Å². The van der Waals surface area contributed by atoms with Crippen molar-refractivity contribution in [2.24, 2.45) is 11.3 Å². The summed E-state index contributed by atoms with van der Waals surface area (Å²) in [4.78, 5) is 0. The second-order valence-electron chi connectivity index (χ2n) is 6.25. The second-order valence-corrected chi connectivity index (χ2v) is 6.25. The van der Waals surface area contributed by atoms with Crippen molar-refractivity contribution in [2.75, 3.05) is 14.2 Å². The molecule has 0 spiro atoms. The summed E-state index contributed by atoms with van der Waals surface area (Å²) < 4.78 is 24.2. The van der Waals surface area contributed by atoms with Crippen LogP contribution in [0.25, 0.3) is 0 Å². The lowest BCUT2D eigenvalue weighted by Gasteiger charge is -2.29. The summed E-state index contributed by atoms with van der Waals surface area (Å²) in [6, 6.07) is 2.76. The molecule has 0 bridgehead atoms. The maximum atomic E-state index is 14.1. The van der Waals surface area contributed by atoms with Crippen molar-refractivity contribution in [3.63, 3.8) is 0 Å². The Balaban J connectivity index is 3.01. The Bertz CT molecular complexity index is 452. The summed E-state index contributed by atoms with van der Waals surface area (Å²) in [5, 5.41) is 10.3. The van der Waals surface area contributed by atoms with Gasteiger partial charge in [0.05, 0.1) is 20.3 Å². The molecule has 1 aromatic rings. The average Bonchev–Trinajstić information content (AvgIpc) is 2.36. The van der Waals surface area contributed by atoms with Gasteiger partial charge in [-0.1, -0.05) is 27.7 Å². The Morgan fingerprint density at radius 3 is 2.10 bits per heavy atom. The van der Waals surface area contributed by atoms with E-state index in [-0.39, 0.29) is 16.9 Å². The fourth-order valence-corrected chi connectivity index (χ4v) is 1.94. The van der Waals surface area contributed by atoms with Gasteiger partial charge in [-0.15, -0.1) is 0 Å². The number of halogens is 1. The number of aliphatic hydroxyl groups excluding tert-OH is 1. The van der Waals surface area contributed by atoms with Crippen LogP contribution in [0.3, 0.4) is 0 Å². The first kappa shape index (κ1) is 16.8. The fraction of sp³-hybridized carbons (Fsp3) is 0.625. The molecule has 2 atom stereocenters. The molecule has 0 aliphatic heterocycles. The molecule has 1 aromatic carbocycles. The molecule has 0 aliphatic rings. The number of aliphatic hydroxyl groups is 1. The predicted octanol–water partition coefficient (Wildman–Crippen LogP) is 3.95. The van der Waals surface area contributed by atoms with Crippen LogP contribution in [0.1, 0.15) is 45.8 Å². The lowest BCUT2D eigenvalue weighted by molar-refractivity contribution is 0.107. The second kappa shape index (κ2) is 6.44. The lowest BCUT2D eigenvalue weighted by Crippen LogP contribution is -2.20. The Labute approximate surface area is 120 Å². The topological polar surface area (TPSA) is 38.7 Å². The Morgan fingerprint density at radius 2 is 1.65 bits per heavy atom. The summed E-state index contributed by atoms with van der Waals surface area (Å²) in [5.74, 6) is 0.525. The third-order valence-corrected chi connectivity index (χ3v) is 3.92. The van der Waals surface area contributed by atoms with E-state index in [1.807, 2.05) is 0 Å². The summed E-state index contributed by atoms with van der Waals surface area (Å²) in [6.45, 7) is 8.38. The third kappa shape index (κ3) is 3.85. The van der Waals surface area contributed by atoms with Gasteiger partial charge in [0.1, 0.15) is 5.82 Å². The number of hydrogen-bond donors (Lipinski definition) is 1. The van der Waals surface area contributed by atoms with E-state index in [1.54, 1.807) is 0 Å². The minimum Gasteiger partial charge on any atom is -0.493 e. The molecule has 0 heterocycles. The molecule has 0 fully saturated rings. The summed E-state index contributed by atoms with van der Waals surface area (Å²) in [5.41, 5.74) is 0.312. The van der Waals surface area contributed by atoms with Crippen LogP contribution in [0, 0.1) is 17.2 Å². The number of methoxy groups -OCH3 is 2. The number of rotatable bonds is 5. The van der Waals surface area contributed by atoms with Crippen molar-refractivity contribution in [1.82, 2.24) is 0 Å². The van der Waals surface area contributed by atoms with Crippen molar-refractivity contribution in [1.29, 1.82) is 0 Å².